The number of aryl methyl sites for hydroxylation is 1. The van der Waals surface area contributed by atoms with Gasteiger partial charge in [0.05, 0.1) is 5.56 Å². The number of nitrogens with zero attached hydrogens (tertiary/aromatic N) is 3. The van der Waals surface area contributed by atoms with Crippen molar-refractivity contribution in [2.24, 2.45) is 0 Å². The second kappa shape index (κ2) is 7.99. The van der Waals surface area contributed by atoms with E-state index in [9.17, 15) is 9.59 Å². The van der Waals surface area contributed by atoms with Crippen molar-refractivity contribution in [3.63, 3.8) is 0 Å². The van der Waals surface area contributed by atoms with Gasteiger partial charge in [0.1, 0.15) is 6.54 Å². The summed E-state index contributed by atoms with van der Waals surface area (Å²) in [7, 11) is 0. The first-order valence-electron chi connectivity index (χ1n) is 8.89. The molecule has 7 nitrogen and oxygen atoms in total. The number of rotatable bonds is 6. The number of aromatic nitrogens is 3. The summed E-state index contributed by atoms with van der Waals surface area (Å²) in [4.78, 5) is 24.5. The van der Waals surface area contributed by atoms with Crippen LogP contribution in [0.3, 0.4) is 0 Å². The Morgan fingerprint density at radius 2 is 2.04 bits per heavy atom. The lowest BCUT2D eigenvalue weighted by Crippen LogP contribution is -2.26. The van der Waals surface area contributed by atoms with Gasteiger partial charge in [0, 0.05) is 23.9 Å². The molecule has 0 unspecified atom stereocenters. The van der Waals surface area contributed by atoms with E-state index in [1.165, 1.54) is 10.6 Å². The van der Waals surface area contributed by atoms with Crippen molar-refractivity contribution in [3.05, 3.63) is 64.4 Å². The lowest BCUT2D eigenvalue weighted by Gasteiger charge is -2.09. The van der Waals surface area contributed by atoms with Crippen molar-refractivity contribution < 1.29 is 9.21 Å². The Hall–Kier alpha value is -3.22. The highest BCUT2D eigenvalue weighted by Gasteiger charge is 2.13. The highest BCUT2D eigenvalue weighted by molar-refractivity contribution is 5.90. The summed E-state index contributed by atoms with van der Waals surface area (Å²) in [6, 6.07) is 10.6. The number of hydrogen-bond acceptors (Lipinski definition) is 5. The van der Waals surface area contributed by atoms with Crippen LogP contribution in [0, 0.1) is 0 Å². The maximum Gasteiger partial charge on any atom is 0.251 e. The van der Waals surface area contributed by atoms with Crippen LogP contribution in [-0.2, 0) is 17.8 Å². The minimum absolute atomic E-state index is 0.103. The summed E-state index contributed by atoms with van der Waals surface area (Å²) in [6.45, 7) is 5.86. The zero-order valence-electron chi connectivity index (χ0n) is 15.6. The Morgan fingerprint density at radius 3 is 2.74 bits per heavy atom. The topological polar surface area (TPSA) is 90.0 Å². The smallest absolute Gasteiger partial charge is 0.251 e. The van der Waals surface area contributed by atoms with Crippen molar-refractivity contribution >= 4 is 11.6 Å². The van der Waals surface area contributed by atoms with E-state index < -0.39 is 0 Å². The molecule has 2 heterocycles. The third-order valence-electron chi connectivity index (χ3n) is 4.10. The number of carbonyl (C=O) groups excluding carboxylic acids is 1. The molecule has 3 rings (SSSR count). The fourth-order valence-electron chi connectivity index (χ4n) is 2.59. The first kappa shape index (κ1) is 18.6. The van der Waals surface area contributed by atoms with Crippen LogP contribution in [0.2, 0.25) is 0 Å². The van der Waals surface area contributed by atoms with Crippen molar-refractivity contribution in [1.82, 2.24) is 14.8 Å². The zero-order valence-corrected chi connectivity index (χ0v) is 15.6. The predicted molar refractivity (Wildman–Crippen MR) is 103 cm³/mol. The van der Waals surface area contributed by atoms with Gasteiger partial charge in [0.2, 0.25) is 17.7 Å². The average molecular weight is 366 g/mol. The Bertz CT molecular complexity index is 1000. The molecule has 7 heteroatoms. The molecule has 2 aromatic heterocycles. The molecular formula is C20H22N4O3. The first-order valence-corrected chi connectivity index (χ1v) is 8.89. The number of hydrogen-bond donors (Lipinski definition) is 1. The van der Waals surface area contributed by atoms with Gasteiger partial charge in [-0.05, 0) is 30.2 Å². The van der Waals surface area contributed by atoms with E-state index >= 15 is 0 Å². The van der Waals surface area contributed by atoms with E-state index in [2.05, 4.69) is 15.5 Å². The van der Waals surface area contributed by atoms with E-state index in [0.29, 0.717) is 23.0 Å². The summed E-state index contributed by atoms with van der Waals surface area (Å²) in [5, 5.41) is 10.8. The number of anilines is 1. The number of amides is 1. The van der Waals surface area contributed by atoms with E-state index in [1.54, 1.807) is 12.3 Å². The van der Waals surface area contributed by atoms with Crippen molar-refractivity contribution in [2.45, 2.75) is 39.7 Å². The van der Waals surface area contributed by atoms with Crippen LogP contribution in [0.15, 0.2) is 51.8 Å². The molecule has 0 saturated heterocycles. The SMILES string of the molecule is CCc1cccc(NC(=O)Cn2cc(-c3nnc(C(C)C)o3)ccc2=O)c1. The van der Waals surface area contributed by atoms with Gasteiger partial charge in [-0.25, -0.2) is 0 Å². The van der Waals surface area contributed by atoms with E-state index in [-0.39, 0.29) is 23.9 Å². The van der Waals surface area contributed by atoms with Gasteiger partial charge in [0.15, 0.2) is 0 Å². The lowest BCUT2D eigenvalue weighted by atomic mass is 10.1. The van der Waals surface area contributed by atoms with Gasteiger partial charge in [-0.1, -0.05) is 32.9 Å². The monoisotopic (exact) mass is 366 g/mol. The molecule has 1 amide bonds. The van der Waals surface area contributed by atoms with Crippen molar-refractivity contribution in [2.75, 3.05) is 5.32 Å². The van der Waals surface area contributed by atoms with E-state index in [0.717, 1.165) is 12.0 Å². The van der Waals surface area contributed by atoms with E-state index in [4.69, 9.17) is 4.42 Å². The number of benzene rings is 1. The van der Waals surface area contributed by atoms with Crippen LogP contribution in [0.1, 0.15) is 38.1 Å². The van der Waals surface area contributed by atoms with Gasteiger partial charge in [-0.15, -0.1) is 10.2 Å². The van der Waals surface area contributed by atoms with Crippen LogP contribution in [0.25, 0.3) is 11.5 Å². The molecule has 27 heavy (non-hydrogen) atoms. The molecule has 0 aliphatic carbocycles. The summed E-state index contributed by atoms with van der Waals surface area (Å²) >= 11 is 0. The van der Waals surface area contributed by atoms with Crippen LogP contribution in [0.5, 0.6) is 0 Å². The molecule has 0 aliphatic heterocycles. The third-order valence-corrected chi connectivity index (χ3v) is 4.10. The quantitative estimate of drug-likeness (QED) is 0.723. The molecular weight excluding hydrogens is 344 g/mol. The molecule has 1 aromatic carbocycles. The standard InChI is InChI=1S/C20H22N4O3/c1-4-14-6-5-7-16(10-14)21-17(25)12-24-11-15(8-9-18(24)26)20-23-22-19(27-20)13(2)3/h5-11,13H,4,12H2,1-3H3,(H,21,25). The number of pyridine rings is 1. The Labute approximate surface area is 157 Å². The van der Waals surface area contributed by atoms with Gasteiger partial charge in [-0.3, -0.25) is 9.59 Å². The molecule has 0 aliphatic rings. The molecule has 140 valence electrons. The highest BCUT2D eigenvalue weighted by Crippen LogP contribution is 2.20. The fourth-order valence-corrected chi connectivity index (χ4v) is 2.59. The summed E-state index contributed by atoms with van der Waals surface area (Å²) in [5.41, 5.74) is 2.15. The maximum atomic E-state index is 12.4. The number of nitrogens with one attached hydrogen (secondary N) is 1. The molecule has 1 N–H and O–H groups in total. The zero-order chi connectivity index (χ0) is 19.4. The van der Waals surface area contributed by atoms with E-state index in [1.807, 2.05) is 45.0 Å². The lowest BCUT2D eigenvalue weighted by molar-refractivity contribution is -0.116. The number of carbonyl (C=O) groups is 1. The third kappa shape index (κ3) is 4.49. The fraction of sp³-hybridized carbons (Fsp3) is 0.300. The van der Waals surface area contributed by atoms with Gasteiger partial charge in [0.25, 0.3) is 5.56 Å². The predicted octanol–water partition coefficient (Wildman–Crippen LogP) is 3.22. The minimum Gasteiger partial charge on any atom is -0.420 e. The summed E-state index contributed by atoms with van der Waals surface area (Å²) in [5.74, 6) is 0.678. The normalized spacial score (nSPS) is 11.0. The van der Waals surface area contributed by atoms with Crippen LogP contribution in [0.4, 0.5) is 5.69 Å². The largest absolute Gasteiger partial charge is 0.420 e. The Morgan fingerprint density at radius 1 is 1.22 bits per heavy atom. The summed E-state index contributed by atoms with van der Waals surface area (Å²) in [6.07, 6.45) is 2.44. The highest BCUT2D eigenvalue weighted by atomic mass is 16.4. The minimum atomic E-state index is -0.282. The van der Waals surface area contributed by atoms with Crippen LogP contribution < -0.4 is 10.9 Å². The van der Waals surface area contributed by atoms with Crippen molar-refractivity contribution in [1.29, 1.82) is 0 Å². The van der Waals surface area contributed by atoms with Gasteiger partial charge < -0.3 is 14.3 Å². The second-order valence-electron chi connectivity index (χ2n) is 6.59. The molecule has 0 fully saturated rings. The molecule has 0 radical (unpaired) electrons. The molecule has 0 spiro atoms. The van der Waals surface area contributed by atoms with Gasteiger partial charge >= 0.3 is 0 Å². The van der Waals surface area contributed by atoms with Crippen LogP contribution in [-0.4, -0.2) is 20.7 Å². The Kier molecular flexibility index (Phi) is 5.49. The molecule has 0 atom stereocenters. The summed E-state index contributed by atoms with van der Waals surface area (Å²) < 4.78 is 6.94. The maximum absolute atomic E-state index is 12.4. The first-order chi connectivity index (χ1) is 13.0. The molecule has 0 saturated carbocycles. The van der Waals surface area contributed by atoms with Crippen LogP contribution >= 0.6 is 0 Å². The average Bonchev–Trinajstić information content (AvgIpc) is 3.14. The Balaban J connectivity index is 1.77. The molecule has 3 aromatic rings. The molecule has 0 bridgehead atoms. The second-order valence-corrected chi connectivity index (χ2v) is 6.59. The van der Waals surface area contributed by atoms with Gasteiger partial charge in [-0.2, -0.15) is 0 Å². The van der Waals surface area contributed by atoms with Crippen molar-refractivity contribution in [3.8, 4) is 11.5 Å².